The van der Waals surface area contributed by atoms with Crippen LogP contribution in [0.3, 0.4) is 0 Å². The molecule has 2 atom stereocenters. The summed E-state index contributed by atoms with van der Waals surface area (Å²) in [7, 11) is 1.22. The molecule has 2 aromatic carbocycles. The van der Waals surface area contributed by atoms with Gasteiger partial charge in [-0.15, -0.1) is 13.2 Å². The Kier molecular flexibility index (Phi) is 10.1. The van der Waals surface area contributed by atoms with Crippen molar-refractivity contribution in [1.82, 2.24) is 25.2 Å². The number of rotatable bonds is 9. The molecule has 258 valence electrons. The van der Waals surface area contributed by atoms with Crippen molar-refractivity contribution >= 4 is 23.6 Å². The molecular weight excluding hydrogens is 655 g/mol. The number of aromatic nitrogens is 3. The molecule has 1 aliphatic rings. The molecule has 3 N–H and O–H groups in total. The summed E-state index contributed by atoms with van der Waals surface area (Å²) in [6.07, 6.45) is -2.05. The van der Waals surface area contributed by atoms with Gasteiger partial charge in [-0.25, -0.2) is 19.2 Å². The number of anilines is 1. The van der Waals surface area contributed by atoms with E-state index in [0.29, 0.717) is 36.1 Å². The van der Waals surface area contributed by atoms with Crippen molar-refractivity contribution in [3.05, 3.63) is 84.1 Å². The van der Waals surface area contributed by atoms with Crippen LogP contribution in [0.1, 0.15) is 48.9 Å². The Hall–Kier alpha value is -5.54. The second kappa shape index (κ2) is 14.3. The van der Waals surface area contributed by atoms with Gasteiger partial charge in [0.15, 0.2) is 0 Å². The average molecular weight is 687 g/mol. The number of alkyl halides is 3. The lowest BCUT2D eigenvalue weighted by Gasteiger charge is -2.30. The van der Waals surface area contributed by atoms with Gasteiger partial charge in [-0.3, -0.25) is 9.59 Å². The van der Waals surface area contributed by atoms with E-state index in [-0.39, 0.29) is 34.6 Å². The molecule has 0 radical (unpaired) electrons. The molecule has 0 bridgehead atoms. The molecule has 3 amide bonds. The average Bonchev–Trinajstić information content (AvgIpc) is 3.75. The van der Waals surface area contributed by atoms with E-state index in [2.05, 4.69) is 35.1 Å². The van der Waals surface area contributed by atoms with Gasteiger partial charge >= 0.3 is 12.5 Å². The largest absolute Gasteiger partial charge is 0.573 e. The van der Waals surface area contributed by atoms with Gasteiger partial charge in [0.2, 0.25) is 11.9 Å². The highest BCUT2D eigenvalue weighted by atomic mass is 19.4. The Balaban J connectivity index is 1.37. The zero-order valence-electron chi connectivity index (χ0n) is 26.4. The van der Waals surface area contributed by atoms with Crippen LogP contribution in [-0.2, 0) is 9.53 Å². The summed E-state index contributed by atoms with van der Waals surface area (Å²) in [6, 6.07) is 8.42. The fourth-order valence-electron chi connectivity index (χ4n) is 5.46. The van der Waals surface area contributed by atoms with Crippen molar-refractivity contribution in [3.63, 3.8) is 0 Å². The molecule has 4 aromatic rings. The van der Waals surface area contributed by atoms with E-state index in [9.17, 15) is 31.9 Å². The minimum atomic E-state index is -5.14. The number of hydrogen-bond donors (Lipinski definition) is 3. The van der Waals surface area contributed by atoms with Crippen LogP contribution < -0.4 is 15.4 Å². The first-order chi connectivity index (χ1) is 23.2. The number of H-pyrrole nitrogens is 1. The van der Waals surface area contributed by atoms with Crippen molar-refractivity contribution in [2.75, 3.05) is 19.0 Å². The van der Waals surface area contributed by atoms with Crippen molar-refractivity contribution < 1.29 is 45.8 Å². The Bertz CT molecular complexity index is 1830. The number of alkyl carbamates (subject to hydrolysis) is 1. The summed E-state index contributed by atoms with van der Waals surface area (Å²) in [4.78, 5) is 50.5. The fourth-order valence-corrected chi connectivity index (χ4v) is 5.46. The summed E-state index contributed by atoms with van der Waals surface area (Å²) in [5.74, 6) is -3.57. The van der Waals surface area contributed by atoms with E-state index >= 15 is 4.39 Å². The number of carbonyl (C=O) groups excluding carboxylic acids is 3. The number of hydrogen-bond acceptors (Lipinski definition) is 7. The highest BCUT2D eigenvalue weighted by Gasteiger charge is 2.37. The van der Waals surface area contributed by atoms with Crippen LogP contribution in [0.2, 0.25) is 0 Å². The van der Waals surface area contributed by atoms with Crippen LogP contribution in [0, 0.1) is 17.7 Å². The van der Waals surface area contributed by atoms with Crippen molar-refractivity contribution in [1.29, 1.82) is 0 Å². The molecule has 5 rings (SSSR count). The van der Waals surface area contributed by atoms with Gasteiger partial charge in [0.1, 0.15) is 23.4 Å². The molecule has 2 aromatic heterocycles. The predicted octanol–water partition coefficient (Wildman–Crippen LogP) is 6.61. The van der Waals surface area contributed by atoms with E-state index in [1.807, 2.05) is 13.8 Å². The fraction of sp³-hybridized carbons (Fsp3) is 0.303. The third kappa shape index (κ3) is 8.13. The second-order valence-electron chi connectivity index (χ2n) is 11.5. The quantitative estimate of drug-likeness (QED) is 0.133. The highest BCUT2D eigenvalue weighted by Crippen LogP contribution is 2.39. The Morgan fingerprint density at radius 3 is 2.35 bits per heavy atom. The summed E-state index contributed by atoms with van der Waals surface area (Å²) in [6.45, 7) is 4.08. The maximum Gasteiger partial charge on any atom is 0.573 e. The minimum absolute atomic E-state index is 0.150. The monoisotopic (exact) mass is 686 g/mol. The van der Waals surface area contributed by atoms with E-state index in [1.165, 1.54) is 19.2 Å². The molecular formula is C33H31F5N6O5. The summed E-state index contributed by atoms with van der Waals surface area (Å²) in [5, 5.41) is 4.75. The van der Waals surface area contributed by atoms with Gasteiger partial charge in [0.25, 0.3) is 5.91 Å². The number of pyridine rings is 1. The third-order valence-corrected chi connectivity index (χ3v) is 7.88. The second-order valence-corrected chi connectivity index (χ2v) is 11.5. The number of likely N-dealkylation sites (tertiary alicyclic amines) is 1. The van der Waals surface area contributed by atoms with Crippen LogP contribution in [0.25, 0.3) is 22.4 Å². The number of methoxy groups -OCH3 is 1. The van der Waals surface area contributed by atoms with Gasteiger partial charge < -0.3 is 30.0 Å². The van der Waals surface area contributed by atoms with Crippen molar-refractivity contribution in [3.8, 4) is 28.1 Å². The lowest BCUT2D eigenvalue weighted by molar-refractivity contribution is -0.274. The smallest absolute Gasteiger partial charge is 0.453 e. The SMILES string of the molecule is COC(=O)N[C@H](C(=O)N1CCCC1c1ncc(-c2ccc(-c3cc(F)c(NC(=O)c4ccc(F)nc4)cc3OC(F)(F)F)cc2)[nH]1)C(C)C. The first kappa shape index (κ1) is 34.8. The molecule has 0 spiro atoms. The Labute approximate surface area is 276 Å². The normalized spacial score (nSPS) is 15.2. The van der Waals surface area contributed by atoms with E-state index < -0.39 is 47.6 Å². The number of ether oxygens (including phenoxy) is 2. The maximum absolute atomic E-state index is 15.2. The third-order valence-electron chi connectivity index (χ3n) is 7.88. The van der Waals surface area contributed by atoms with E-state index in [1.54, 1.807) is 23.2 Å². The zero-order chi connectivity index (χ0) is 35.5. The molecule has 0 aliphatic carbocycles. The topological polar surface area (TPSA) is 139 Å². The van der Waals surface area contributed by atoms with Gasteiger partial charge in [0.05, 0.1) is 36.3 Å². The molecule has 1 unspecified atom stereocenters. The number of aromatic amines is 1. The van der Waals surface area contributed by atoms with Crippen LogP contribution in [-0.4, -0.2) is 63.8 Å². The van der Waals surface area contributed by atoms with Crippen LogP contribution in [0.4, 0.5) is 32.4 Å². The van der Waals surface area contributed by atoms with Crippen molar-refractivity contribution in [2.45, 2.75) is 45.1 Å². The van der Waals surface area contributed by atoms with E-state index in [4.69, 9.17) is 0 Å². The molecule has 1 fully saturated rings. The molecule has 1 saturated heterocycles. The molecule has 1 aliphatic heterocycles. The number of nitrogens with one attached hydrogen (secondary N) is 3. The molecule has 0 saturated carbocycles. The van der Waals surface area contributed by atoms with Gasteiger partial charge in [-0.2, -0.15) is 4.39 Å². The number of amides is 3. The van der Waals surface area contributed by atoms with Crippen LogP contribution >= 0.6 is 0 Å². The first-order valence-corrected chi connectivity index (χ1v) is 15.1. The zero-order valence-corrected chi connectivity index (χ0v) is 26.4. The van der Waals surface area contributed by atoms with Crippen LogP contribution in [0.15, 0.2) is 60.9 Å². The number of benzene rings is 2. The Morgan fingerprint density at radius 1 is 1.00 bits per heavy atom. The Morgan fingerprint density at radius 2 is 1.71 bits per heavy atom. The number of carbonyl (C=O) groups is 3. The molecule has 11 nitrogen and oxygen atoms in total. The number of halogens is 5. The summed E-state index contributed by atoms with van der Waals surface area (Å²) < 4.78 is 77.3. The molecule has 16 heteroatoms. The standard InChI is InChI=1S/C33H31F5N6O5/c1-17(2)28(43-32(47)48-3)31(46)44-12-4-5-25(44)29-40-16-24(41-29)19-8-6-18(7-9-19)21-13-22(34)23(14-26(21)49-33(36,37)38)42-30(45)20-10-11-27(35)39-15-20/h6-11,13-17,25,28H,4-5,12H2,1-3H3,(H,40,41)(H,42,45)(H,43,47)/t25?,28-/m0/s1. The number of nitrogens with zero attached hydrogens (tertiary/aromatic N) is 3. The predicted molar refractivity (Wildman–Crippen MR) is 166 cm³/mol. The molecule has 3 heterocycles. The molecule has 49 heavy (non-hydrogen) atoms. The minimum Gasteiger partial charge on any atom is -0.453 e. The van der Waals surface area contributed by atoms with Crippen molar-refractivity contribution in [2.24, 2.45) is 5.92 Å². The lowest BCUT2D eigenvalue weighted by Crippen LogP contribution is -2.51. The highest BCUT2D eigenvalue weighted by molar-refractivity contribution is 6.04. The maximum atomic E-state index is 15.2. The van der Waals surface area contributed by atoms with E-state index in [0.717, 1.165) is 30.8 Å². The summed E-state index contributed by atoms with van der Waals surface area (Å²) in [5.41, 5.74) is 0.338. The van der Waals surface area contributed by atoms with Gasteiger partial charge in [0, 0.05) is 24.4 Å². The lowest BCUT2D eigenvalue weighted by atomic mass is 10.0. The van der Waals surface area contributed by atoms with Gasteiger partial charge in [-0.1, -0.05) is 38.1 Å². The first-order valence-electron chi connectivity index (χ1n) is 15.1. The number of imidazole rings is 1. The van der Waals surface area contributed by atoms with Crippen LogP contribution in [0.5, 0.6) is 5.75 Å². The summed E-state index contributed by atoms with van der Waals surface area (Å²) >= 11 is 0. The van der Waals surface area contributed by atoms with Gasteiger partial charge in [-0.05, 0) is 48.1 Å².